The fourth-order valence-corrected chi connectivity index (χ4v) is 3.01. The predicted molar refractivity (Wildman–Crippen MR) is 89.7 cm³/mol. The van der Waals surface area contributed by atoms with Crippen LogP contribution in [0.25, 0.3) is 0 Å². The summed E-state index contributed by atoms with van der Waals surface area (Å²) in [4.78, 5) is 16.2. The first-order valence-electron chi connectivity index (χ1n) is 7.34. The van der Waals surface area contributed by atoms with Crippen LogP contribution in [0.15, 0.2) is 6.07 Å². The maximum Gasteiger partial charge on any atom is 0.261 e. The zero-order chi connectivity index (χ0) is 15.8. The van der Waals surface area contributed by atoms with E-state index in [1.165, 1.54) is 11.3 Å². The molecule has 0 saturated carbocycles. The quantitative estimate of drug-likeness (QED) is 0.788. The summed E-state index contributed by atoms with van der Waals surface area (Å²) >= 11 is 1.43. The first kappa shape index (κ1) is 17.7. The third-order valence-corrected chi connectivity index (χ3v) is 4.40. The highest BCUT2D eigenvalue weighted by Crippen LogP contribution is 2.20. The minimum atomic E-state index is -0.0245. The number of aryl methyl sites for hydroxylation is 1. The van der Waals surface area contributed by atoms with Crippen molar-refractivity contribution in [3.8, 4) is 11.8 Å². The molecule has 1 atom stereocenters. The minimum Gasteiger partial charge on any atom is -0.348 e. The zero-order valence-corrected chi connectivity index (χ0v) is 14.1. The van der Waals surface area contributed by atoms with E-state index < -0.39 is 0 Å². The largest absolute Gasteiger partial charge is 0.348 e. The molecular formula is C16H25N3OS. The highest BCUT2D eigenvalue weighted by Gasteiger charge is 2.15. The van der Waals surface area contributed by atoms with Crippen molar-refractivity contribution in [2.75, 3.05) is 26.2 Å². The second-order valence-electron chi connectivity index (χ2n) is 4.99. The van der Waals surface area contributed by atoms with Crippen molar-refractivity contribution in [1.82, 2.24) is 10.2 Å². The van der Waals surface area contributed by atoms with Crippen molar-refractivity contribution in [3.63, 3.8) is 0 Å². The zero-order valence-electron chi connectivity index (χ0n) is 13.3. The lowest BCUT2D eigenvalue weighted by Gasteiger charge is -2.23. The normalized spacial score (nSPS) is 11.9. The molecule has 1 unspecified atom stereocenters. The van der Waals surface area contributed by atoms with Gasteiger partial charge in [0.05, 0.1) is 16.3 Å². The van der Waals surface area contributed by atoms with E-state index in [1.54, 1.807) is 0 Å². The summed E-state index contributed by atoms with van der Waals surface area (Å²) in [5.41, 5.74) is 6.41. The van der Waals surface area contributed by atoms with Gasteiger partial charge in [-0.3, -0.25) is 4.79 Å². The van der Waals surface area contributed by atoms with Crippen molar-refractivity contribution < 1.29 is 4.79 Å². The lowest BCUT2D eigenvalue weighted by molar-refractivity contribution is 0.0934. The average molecular weight is 307 g/mol. The number of hydrogen-bond donors (Lipinski definition) is 2. The highest BCUT2D eigenvalue weighted by molar-refractivity contribution is 7.14. The third kappa shape index (κ3) is 5.50. The van der Waals surface area contributed by atoms with Gasteiger partial charge in [-0.2, -0.15) is 0 Å². The summed E-state index contributed by atoms with van der Waals surface area (Å²) < 4.78 is 0. The molecule has 1 aromatic rings. The summed E-state index contributed by atoms with van der Waals surface area (Å²) in [5.74, 6) is 5.81. The van der Waals surface area contributed by atoms with Crippen LogP contribution >= 0.6 is 11.3 Å². The number of hydrogen-bond acceptors (Lipinski definition) is 4. The molecule has 1 amide bonds. The molecule has 0 fully saturated rings. The number of carbonyl (C=O) groups is 1. The van der Waals surface area contributed by atoms with Crippen molar-refractivity contribution in [2.24, 2.45) is 5.73 Å². The summed E-state index contributed by atoms with van der Waals surface area (Å²) in [7, 11) is 0. The van der Waals surface area contributed by atoms with Crippen LogP contribution in [0.4, 0.5) is 0 Å². The van der Waals surface area contributed by atoms with E-state index in [0.717, 1.165) is 30.1 Å². The Morgan fingerprint density at radius 3 is 2.71 bits per heavy atom. The number of likely N-dealkylation sites (N-methyl/N-ethyl adjacent to an activating group) is 1. The topological polar surface area (TPSA) is 58.4 Å². The Balaban J connectivity index is 2.67. The fraction of sp³-hybridized carbons (Fsp3) is 0.562. The molecule has 5 heteroatoms. The number of nitrogens with zero attached hydrogens (tertiary/aromatic N) is 1. The van der Waals surface area contributed by atoms with Crippen LogP contribution in [0.3, 0.4) is 0 Å². The monoisotopic (exact) mass is 307 g/mol. The second-order valence-corrected chi connectivity index (χ2v) is 6.04. The van der Waals surface area contributed by atoms with Gasteiger partial charge < -0.3 is 16.0 Å². The molecule has 0 aromatic carbocycles. The number of rotatable bonds is 6. The average Bonchev–Trinajstić information content (AvgIpc) is 2.83. The number of thiophene rings is 1. The minimum absolute atomic E-state index is 0.0245. The summed E-state index contributed by atoms with van der Waals surface area (Å²) in [6.07, 6.45) is 0. The Kier molecular flexibility index (Phi) is 7.44. The molecule has 21 heavy (non-hydrogen) atoms. The maximum absolute atomic E-state index is 12.3. The SMILES string of the molecule is CCN(CC)CC(C)NC(=O)c1cc(C)c(C#CCN)s1. The molecule has 4 nitrogen and oxygen atoms in total. The smallest absolute Gasteiger partial charge is 0.261 e. The van der Waals surface area contributed by atoms with E-state index in [9.17, 15) is 4.79 Å². The highest BCUT2D eigenvalue weighted by atomic mass is 32.1. The number of nitrogens with one attached hydrogen (secondary N) is 1. The summed E-state index contributed by atoms with van der Waals surface area (Å²) in [6, 6.07) is 2.02. The van der Waals surface area contributed by atoms with Gasteiger partial charge in [0.15, 0.2) is 0 Å². The second kappa shape index (κ2) is 8.83. The number of amides is 1. The van der Waals surface area contributed by atoms with Gasteiger partial charge in [-0.1, -0.05) is 25.7 Å². The van der Waals surface area contributed by atoms with Crippen molar-refractivity contribution in [3.05, 3.63) is 21.4 Å². The van der Waals surface area contributed by atoms with Crippen LogP contribution in [0.5, 0.6) is 0 Å². The van der Waals surface area contributed by atoms with Gasteiger partial charge >= 0.3 is 0 Å². The Bertz CT molecular complexity index is 523. The molecule has 0 bridgehead atoms. The molecule has 0 aliphatic rings. The van der Waals surface area contributed by atoms with Gasteiger partial charge in [-0.15, -0.1) is 11.3 Å². The molecule has 0 aliphatic carbocycles. The fourth-order valence-electron chi connectivity index (χ4n) is 2.06. The Hall–Kier alpha value is -1.35. The van der Waals surface area contributed by atoms with Crippen LogP contribution in [-0.2, 0) is 0 Å². The third-order valence-electron chi connectivity index (χ3n) is 3.25. The van der Waals surface area contributed by atoms with Gasteiger partial charge in [0.2, 0.25) is 0 Å². The van der Waals surface area contributed by atoms with Crippen molar-refractivity contribution in [2.45, 2.75) is 33.7 Å². The molecule has 0 spiro atoms. The van der Waals surface area contributed by atoms with Crippen LogP contribution in [0.2, 0.25) is 0 Å². The molecule has 1 rings (SSSR count). The predicted octanol–water partition coefficient (Wildman–Crippen LogP) is 1.83. The molecule has 3 N–H and O–H groups in total. The van der Waals surface area contributed by atoms with E-state index >= 15 is 0 Å². The van der Waals surface area contributed by atoms with E-state index in [1.807, 2.05) is 19.9 Å². The molecule has 0 saturated heterocycles. The van der Waals surface area contributed by atoms with Crippen LogP contribution in [0.1, 0.15) is 40.9 Å². The molecule has 0 aliphatic heterocycles. The lowest BCUT2D eigenvalue weighted by Crippen LogP contribution is -2.41. The van der Waals surface area contributed by atoms with Gasteiger partial charge in [0, 0.05) is 12.6 Å². The Labute approximate surface area is 131 Å². The first-order chi connectivity index (χ1) is 10.0. The van der Waals surface area contributed by atoms with E-state index in [2.05, 4.69) is 35.9 Å². The van der Waals surface area contributed by atoms with Crippen LogP contribution < -0.4 is 11.1 Å². The van der Waals surface area contributed by atoms with Gasteiger partial charge in [-0.25, -0.2) is 0 Å². The van der Waals surface area contributed by atoms with E-state index in [4.69, 9.17) is 5.73 Å². The van der Waals surface area contributed by atoms with Crippen molar-refractivity contribution in [1.29, 1.82) is 0 Å². The molecular weight excluding hydrogens is 282 g/mol. The molecule has 1 heterocycles. The maximum atomic E-state index is 12.3. The Morgan fingerprint density at radius 2 is 2.14 bits per heavy atom. The van der Waals surface area contributed by atoms with Gasteiger partial charge in [-0.05, 0) is 38.6 Å². The lowest BCUT2D eigenvalue weighted by atomic mass is 10.2. The summed E-state index contributed by atoms with van der Waals surface area (Å²) in [5, 5.41) is 3.05. The molecule has 1 aromatic heterocycles. The van der Waals surface area contributed by atoms with E-state index in [-0.39, 0.29) is 11.9 Å². The van der Waals surface area contributed by atoms with Gasteiger partial charge in [0.25, 0.3) is 5.91 Å². The Morgan fingerprint density at radius 1 is 1.48 bits per heavy atom. The van der Waals surface area contributed by atoms with Crippen molar-refractivity contribution >= 4 is 17.2 Å². The summed E-state index contributed by atoms with van der Waals surface area (Å²) in [6.45, 7) is 11.4. The standard InChI is InChI=1S/C16H25N3OS/c1-5-19(6-2)11-13(4)18-16(20)15-10-12(3)14(21-15)8-7-9-17/h10,13H,5-6,9,11,17H2,1-4H3,(H,18,20). The van der Waals surface area contributed by atoms with E-state index in [0.29, 0.717) is 11.4 Å². The molecule has 0 radical (unpaired) electrons. The first-order valence-corrected chi connectivity index (χ1v) is 8.16. The van der Waals surface area contributed by atoms with Crippen LogP contribution in [-0.4, -0.2) is 43.0 Å². The number of nitrogens with two attached hydrogens (primary N) is 1. The van der Waals surface area contributed by atoms with Crippen LogP contribution in [0, 0.1) is 18.8 Å². The van der Waals surface area contributed by atoms with Gasteiger partial charge in [0.1, 0.15) is 0 Å². The number of carbonyl (C=O) groups excluding carboxylic acids is 1. The molecule has 116 valence electrons.